The Morgan fingerprint density at radius 1 is 1.10 bits per heavy atom. The lowest BCUT2D eigenvalue weighted by Crippen LogP contribution is -2.07. The van der Waals surface area contributed by atoms with Gasteiger partial charge in [0.25, 0.3) is 0 Å². The van der Waals surface area contributed by atoms with Crippen molar-refractivity contribution in [2.75, 3.05) is 6.61 Å². The fraction of sp³-hybridized carbons (Fsp3) is 0.235. The van der Waals surface area contributed by atoms with E-state index in [1.54, 1.807) is 0 Å². The molecule has 0 saturated heterocycles. The van der Waals surface area contributed by atoms with Crippen LogP contribution in [0.4, 0.5) is 0 Å². The molecule has 1 aromatic heterocycles. The Balaban J connectivity index is 2.03. The van der Waals surface area contributed by atoms with Crippen molar-refractivity contribution < 1.29 is 9.53 Å². The highest BCUT2D eigenvalue weighted by molar-refractivity contribution is 6.07. The molecular weight excluding hydrogens is 250 g/mol. The molecule has 0 aliphatic heterocycles. The summed E-state index contributed by atoms with van der Waals surface area (Å²) in [6.45, 7) is 4.33. The normalized spacial score (nSPS) is 11.1. The summed E-state index contributed by atoms with van der Waals surface area (Å²) in [5.74, 6) is -0.182. The first-order valence-corrected chi connectivity index (χ1v) is 6.84. The Kier molecular flexibility index (Phi) is 3.18. The Bertz CT molecular complexity index is 786. The van der Waals surface area contributed by atoms with E-state index in [0.29, 0.717) is 13.0 Å². The largest absolute Gasteiger partial charge is 0.466 e. The molecule has 0 amide bonds. The average Bonchev–Trinajstić information content (AvgIpc) is 2.76. The van der Waals surface area contributed by atoms with Gasteiger partial charge in [-0.25, -0.2) is 0 Å². The third-order valence-electron chi connectivity index (χ3n) is 3.47. The van der Waals surface area contributed by atoms with Crippen molar-refractivity contribution in [2.45, 2.75) is 20.3 Å². The SMILES string of the molecule is CCOC(=O)Cc1ccc2c(c1)[nH]c1ccc(C)cc12. The number of aromatic amines is 1. The number of hydrogen-bond donors (Lipinski definition) is 1. The van der Waals surface area contributed by atoms with Crippen molar-refractivity contribution >= 4 is 27.8 Å². The van der Waals surface area contributed by atoms with Gasteiger partial charge in [0.15, 0.2) is 0 Å². The molecule has 3 aromatic rings. The van der Waals surface area contributed by atoms with Crippen molar-refractivity contribution in [1.29, 1.82) is 0 Å². The van der Waals surface area contributed by atoms with Gasteiger partial charge in [-0.2, -0.15) is 0 Å². The summed E-state index contributed by atoms with van der Waals surface area (Å²) in [6.07, 6.45) is 0.318. The molecule has 3 nitrogen and oxygen atoms in total. The van der Waals surface area contributed by atoms with Gasteiger partial charge in [0.2, 0.25) is 0 Å². The molecule has 0 radical (unpaired) electrons. The van der Waals surface area contributed by atoms with Crippen LogP contribution in [0.1, 0.15) is 18.1 Å². The number of aromatic nitrogens is 1. The molecule has 2 aromatic carbocycles. The van der Waals surface area contributed by atoms with Crippen LogP contribution in [-0.2, 0) is 16.0 Å². The number of esters is 1. The molecule has 102 valence electrons. The van der Waals surface area contributed by atoms with Crippen LogP contribution in [-0.4, -0.2) is 17.6 Å². The van der Waals surface area contributed by atoms with Crippen LogP contribution in [0.3, 0.4) is 0 Å². The number of aryl methyl sites for hydroxylation is 1. The van der Waals surface area contributed by atoms with Gasteiger partial charge in [-0.15, -0.1) is 0 Å². The lowest BCUT2D eigenvalue weighted by atomic mass is 10.1. The Labute approximate surface area is 117 Å². The Hall–Kier alpha value is -2.29. The van der Waals surface area contributed by atoms with Crippen LogP contribution >= 0.6 is 0 Å². The fourth-order valence-corrected chi connectivity index (χ4v) is 2.55. The highest BCUT2D eigenvalue weighted by Crippen LogP contribution is 2.27. The van der Waals surface area contributed by atoms with Gasteiger partial charge in [-0.1, -0.05) is 23.8 Å². The van der Waals surface area contributed by atoms with Gasteiger partial charge in [-0.05, 0) is 37.6 Å². The highest BCUT2D eigenvalue weighted by Gasteiger charge is 2.08. The average molecular weight is 267 g/mol. The minimum Gasteiger partial charge on any atom is -0.466 e. The maximum atomic E-state index is 11.5. The number of fused-ring (bicyclic) bond motifs is 3. The standard InChI is InChI=1S/C17H17NO2/c1-3-20-17(19)10-12-5-6-13-14-8-11(2)4-7-15(14)18-16(13)9-12/h4-9,18H,3,10H2,1-2H3. The van der Waals surface area contributed by atoms with Gasteiger partial charge < -0.3 is 9.72 Å². The van der Waals surface area contributed by atoms with Crippen LogP contribution in [0.25, 0.3) is 21.8 Å². The summed E-state index contributed by atoms with van der Waals surface area (Å²) >= 11 is 0. The number of carbonyl (C=O) groups excluding carboxylic acids is 1. The summed E-state index contributed by atoms with van der Waals surface area (Å²) in [6, 6.07) is 12.5. The zero-order chi connectivity index (χ0) is 14.1. The number of carbonyl (C=O) groups is 1. The Morgan fingerprint density at radius 3 is 2.75 bits per heavy atom. The molecule has 1 heterocycles. The summed E-state index contributed by atoms with van der Waals surface area (Å²) in [5.41, 5.74) is 4.40. The second kappa shape index (κ2) is 5.00. The van der Waals surface area contributed by atoms with Crippen molar-refractivity contribution in [2.24, 2.45) is 0 Å². The van der Waals surface area contributed by atoms with Crippen LogP contribution in [0.5, 0.6) is 0 Å². The molecule has 3 rings (SSSR count). The Morgan fingerprint density at radius 2 is 1.95 bits per heavy atom. The van der Waals surface area contributed by atoms with Gasteiger partial charge in [-0.3, -0.25) is 4.79 Å². The second-order valence-corrected chi connectivity index (χ2v) is 5.04. The van der Waals surface area contributed by atoms with E-state index in [2.05, 4.69) is 36.2 Å². The van der Waals surface area contributed by atoms with Crippen molar-refractivity contribution in [3.63, 3.8) is 0 Å². The summed E-state index contributed by atoms with van der Waals surface area (Å²) < 4.78 is 4.98. The third-order valence-corrected chi connectivity index (χ3v) is 3.47. The van der Waals surface area contributed by atoms with Crippen molar-refractivity contribution in [1.82, 2.24) is 4.98 Å². The number of ether oxygens (including phenoxy) is 1. The van der Waals surface area contributed by atoms with E-state index in [1.165, 1.54) is 16.3 Å². The third kappa shape index (κ3) is 2.27. The molecule has 0 unspecified atom stereocenters. The van der Waals surface area contributed by atoms with Gasteiger partial charge in [0.1, 0.15) is 0 Å². The van der Waals surface area contributed by atoms with E-state index in [1.807, 2.05) is 19.1 Å². The predicted molar refractivity (Wildman–Crippen MR) is 80.9 cm³/mol. The fourth-order valence-electron chi connectivity index (χ4n) is 2.55. The minimum atomic E-state index is -0.182. The van der Waals surface area contributed by atoms with Crippen LogP contribution < -0.4 is 0 Å². The van der Waals surface area contributed by atoms with E-state index in [0.717, 1.165) is 16.6 Å². The molecule has 0 fully saturated rings. The molecular formula is C17H17NO2. The first kappa shape index (κ1) is 12.7. The van der Waals surface area contributed by atoms with Gasteiger partial charge >= 0.3 is 5.97 Å². The van der Waals surface area contributed by atoms with Gasteiger partial charge in [0.05, 0.1) is 13.0 Å². The zero-order valence-electron chi connectivity index (χ0n) is 11.7. The van der Waals surface area contributed by atoms with Crippen LogP contribution in [0, 0.1) is 6.92 Å². The van der Waals surface area contributed by atoms with Crippen molar-refractivity contribution in [3.8, 4) is 0 Å². The molecule has 0 atom stereocenters. The minimum absolute atomic E-state index is 0.182. The molecule has 0 bridgehead atoms. The quantitative estimate of drug-likeness (QED) is 0.735. The highest BCUT2D eigenvalue weighted by atomic mass is 16.5. The lowest BCUT2D eigenvalue weighted by Gasteiger charge is -2.02. The monoisotopic (exact) mass is 267 g/mol. The molecule has 1 N–H and O–H groups in total. The number of H-pyrrole nitrogens is 1. The number of nitrogens with one attached hydrogen (secondary N) is 1. The molecule has 20 heavy (non-hydrogen) atoms. The molecule has 0 spiro atoms. The van der Waals surface area contributed by atoms with Crippen LogP contribution in [0.2, 0.25) is 0 Å². The summed E-state index contributed by atoms with van der Waals surface area (Å²) in [7, 11) is 0. The zero-order valence-corrected chi connectivity index (χ0v) is 11.7. The van der Waals surface area contributed by atoms with E-state index >= 15 is 0 Å². The number of hydrogen-bond acceptors (Lipinski definition) is 2. The maximum Gasteiger partial charge on any atom is 0.310 e. The topological polar surface area (TPSA) is 42.1 Å². The first-order chi connectivity index (χ1) is 9.67. The lowest BCUT2D eigenvalue weighted by molar-refractivity contribution is -0.142. The van der Waals surface area contributed by atoms with E-state index in [9.17, 15) is 4.79 Å². The smallest absolute Gasteiger partial charge is 0.310 e. The predicted octanol–water partition coefficient (Wildman–Crippen LogP) is 3.74. The second-order valence-electron chi connectivity index (χ2n) is 5.04. The number of benzene rings is 2. The van der Waals surface area contributed by atoms with E-state index in [4.69, 9.17) is 4.74 Å². The van der Waals surface area contributed by atoms with Crippen LogP contribution in [0.15, 0.2) is 36.4 Å². The maximum absolute atomic E-state index is 11.5. The molecule has 0 saturated carbocycles. The molecule has 0 aliphatic rings. The molecule has 0 aliphatic carbocycles. The number of rotatable bonds is 3. The van der Waals surface area contributed by atoms with Gasteiger partial charge in [0, 0.05) is 21.8 Å². The van der Waals surface area contributed by atoms with Crippen molar-refractivity contribution in [3.05, 3.63) is 47.5 Å². The first-order valence-electron chi connectivity index (χ1n) is 6.84. The summed E-state index contributed by atoms with van der Waals surface area (Å²) in [4.78, 5) is 14.9. The van der Waals surface area contributed by atoms with E-state index in [-0.39, 0.29) is 5.97 Å². The molecule has 3 heteroatoms. The summed E-state index contributed by atoms with van der Waals surface area (Å²) in [5, 5.41) is 2.42. The van der Waals surface area contributed by atoms with E-state index < -0.39 is 0 Å².